The summed E-state index contributed by atoms with van der Waals surface area (Å²) in [6.45, 7) is 0. The van der Waals surface area contributed by atoms with Gasteiger partial charge in [-0.2, -0.15) is 5.10 Å². The quantitative estimate of drug-likeness (QED) is 0.417. The van der Waals surface area contributed by atoms with Crippen LogP contribution in [0.25, 0.3) is 16.6 Å². The molecule has 1 heterocycles. The van der Waals surface area contributed by atoms with E-state index >= 15 is 0 Å². The number of halogens is 1. The van der Waals surface area contributed by atoms with Crippen molar-refractivity contribution in [3.05, 3.63) is 69.7 Å². The molecular weight excluding hydrogens is 362 g/mol. The molecule has 1 amide bonds. The summed E-state index contributed by atoms with van der Waals surface area (Å²) in [5.74, 6) is 0.258. The van der Waals surface area contributed by atoms with Gasteiger partial charge in [0.1, 0.15) is 0 Å². The summed E-state index contributed by atoms with van der Waals surface area (Å²) in [5.41, 5.74) is 3.08. The molecule has 3 rings (SSSR count). The molecule has 0 radical (unpaired) electrons. The number of benzene rings is 2. The fourth-order valence-electron chi connectivity index (χ4n) is 2.25. The van der Waals surface area contributed by atoms with E-state index in [2.05, 4.69) is 15.5 Å². The molecule has 9 heteroatoms. The second-order valence-electron chi connectivity index (χ2n) is 4.88. The highest BCUT2D eigenvalue weighted by atomic mass is 35.5. The van der Waals surface area contributed by atoms with Crippen molar-refractivity contribution in [2.24, 2.45) is 10.2 Å². The first kappa shape index (κ1) is 17.2. The molecule has 0 aliphatic carbocycles. The van der Waals surface area contributed by atoms with Crippen LogP contribution in [0.3, 0.4) is 0 Å². The Hall–Kier alpha value is -2.68. The van der Waals surface area contributed by atoms with Gasteiger partial charge < -0.3 is 0 Å². The molecule has 0 saturated heterocycles. The Morgan fingerprint density at radius 3 is 2.68 bits per heavy atom. The van der Waals surface area contributed by atoms with Gasteiger partial charge in [0.15, 0.2) is 5.82 Å². The van der Waals surface area contributed by atoms with Crippen LogP contribution in [0.15, 0.2) is 58.4 Å². The minimum atomic E-state index is -0.530. The Morgan fingerprint density at radius 2 is 1.96 bits per heavy atom. The lowest BCUT2D eigenvalue weighted by molar-refractivity contribution is 0.261. The Morgan fingerprint density at radius 1 is 1.24 bits per heavy atom. The maximum Gasteiger partial charge on any atom is 0.313 e. The largest absolute Gasteiger partial charge is 0.313 e. The first-order valence-corrected chi connectivity index (χ1v) is 8.33. The summed E-state index contributed by atoms with van der Waals surface area (Å²) in [4.78, 5) is 28.5. The molecule has 3 aromatic rings. The van der Waals surface area contributed by atoms with Gasteiger partial charge in [0.05, 0.1) is 22.8 Å². The topological polar surface area (TPSA) is 102 Å². The van der Waals surface area contributed by atoms with Crippen LogP contribution in [-0.4, -0.2) is 21.0 Å². The lowest BCUT2D eigenvalue weighted by atomic mass is 10.2. The molecule has 0 bridgehead atoms. The summed E-state index contributed by atoms with van der Waals surface area (Å²) in [6, 6.07) is 13.7. The molecule has 126 valence electrons. The number of hydrogen-bond donors (Lipinski definition) is 2. The molecule has 0 aliphatic rings. The van der Waals surface area contributed by atoms with Crippen LogP contribution in [0.4, 0.5) is 4.79 Å². The van der Waals surface area contributed by atoms with Gasteiger partial charge in [-0.05, 0) is 36.4 Å². The van der Waals surface area contributed by atoms with E-state index in [0.29, 0.717) is 33.6 Å². The number of amides is 1. The van der Waals surface area contributed by atoms with E-state index in [1.165, 1.54) is 10.8 Å². The lowest BCUT2D eigenvalue weighted by Gasteiger charge is -2.11. The Kier molecular flexibility index (Phi) is 5.13. The van der Waals surface area contributed by atoms with Crippen molar-refractivity contribution in [3.8, 4) is 5.69 Å². The predicted molar refractivity (Wildman–Crippen MR) is 100 cm³/mol. The Balaban J connectivity index is 2.19. The summed E-state index contributed by atoms with van der Waals surface area (Å²) in [5, 5.41) is 9.41. The number of hydrogen-bond acceptors (Lipinski definition) is 6. The first-order valence-electron chi connectivity index (χ1n) is 7.07. The second kappa shape index (κ2) is 7.47. The van der Waals surface area contributed by atoms with E-state index in [-0.39, 0.29) is 11.4 Å². The van der Waals surface area contributed by atoms with Crippen molar-refractivity contribution in [1.29, 1.82) is 0 Å². The first-order chi connectivity index (χ1) is 12.1. The number of carbonyl (C=O) groups excluding carboxylic acids is 1. The van der Waals surface area contributed by atoms with Crippen molar-refractivity contribution in [1.82, 2.24) is 15.0 Å². The van der Waals surface area contributed by atoms with Gasteiger partial charge >= 0.3 is 5.24 Å². The molecule has 3 N–H and O–H groups in total. The number of nitrogens with two attached hydrogens (primary N) is 1. The van der Waals surface area contributed by atoms with Crippen LogP contribution in [0.5, 0.6) is 0 Å². The van der Waals surface area contributed by atoms with E-state index in [1.54, 1.807) is 48.5 Å². The minimum absolute atomic E-state index is 0.256. The fourth-order valence-corrected chi connectivity index (χ4v) is 2.48. The normalized spacial score (nSPS) is 11.1. The van der Waals surface area contributed by atoms with Crippen LogP contribution in [0.1, 0.15) is 5.82 Å². The summed E-state index contributed by atoms with van der Waals surface area (Å²) < 4.78 is 1.39. The van der Waals surface area contributed by atoms with Crippen LogP contribution < -0.4 is 16.1 Å². The van der Waals surface area contributed by atoms with Crippen LogP contribution in [0.2, 0.25) is 5.02 Å². The van der Waals surface area contributed by atoms with Gasteiger partial charge in [-0.15, -0.1) is 0 Å². The van der Waals surface area contributed by atoms with E-state index in [0.717, 1.165) is 0 Å². The van der Waals surface area contributed by atoms with Gasteiger partial charge in [-0.3, -0.25) is 19.3 Å². The zero-order valence-corrected chi connectivity index (χ0v) is 14.3. The zero-order valence-electron chi connectivity index (χ0n) is 12.7. The summed E-state index contributed by atoms with van der Waals surface area (Å²) in [7, 11) is 0. The van der Waals surface area contributed by atoms with Gasteiger partial charge in [-0.25, -0.2) is 10.4 Å². The smallest absolute Gasteiger partial charge is 0.269 e. The average molecular weight is 374 g/mol. The molecule has 0 aliphatic heterocycles. The van der Waals surface area contributed by atoms with E-state index in [9.17, 15) is 9.59 Å². The summed E-state index contributed by atoms with van der Waals surface area (Å²) in [6.07, 6.45) is 1.29. The van der Waals surface area contributed by atoms with Crippen molar-refractivity contribution in [2.75, 3.05) is 0 Å². The number of nitrogens with one attached hydrogen (secondary N) is 1. The molecule has 0 fully saturated rings. The molecule has 1 aromatic heterocycles. The number of fused-ring (bicyclic) bond motifs is 1. The third-order valence-corrected chi connectivity index (χ3v) is 3.89. The third kappa shape index (κ3) is 3.71. The molecular formula is C16H12ClN5O2S. The van der Waals surface area contributed by atoms with Gasteiger partial charge in [-0.1, -0.05) is 23.7 Å². The van der Waals surface area contributed by atoms with Crippen molar-refractivity contribution >= 4 is 45.9 Å². The monoisotopic (exact) mass is 373 g/mol. The zero-order chi connectivity index (χ0) is 17.8. The molecule has 0 saturated carbocycles. The van der Waals surface area contributed by atoms with E-state index < -0.39 is 5.24 Å². The molecule has 0 spiro atoms. The predicted octanol–water partition coefficient (Wildman–Crippen LogP) is 2.69. The highest BCUT2D eigenvalue weighted by Gasteiger charge is 2.11. The van der Waals surface area contributed by atoms with Crippen LogP contribution >= 0.6 is 23.5 Å². The highest BCUT2D eigenvalue weighted by Crippen LogP contribution is 2.15. The van der Waals surface area contributed by atoms with Gasteiger partial charge in [0, 0.05) is 17.0 Å². The van der Waals surface area contributed by atoms with E-state index in [1.807, 2.05) is 0 Å². The number of carbonyl (C=O) groups is 1. The van der Waals surface area contributed by atoms with Crippen molar-refractivity contribution < 1.29 is 4.79 Å². The Bertz CT molecular complexity index is 1020. The molecule has 25 heavy (non-hydrogen) atoms. The number of hydrazone groups is 1. The minimum Gasteiger partial charge on any atom is -0.269 e. The lowest BCUT2D eigenvalue weighted by Crippen LogP contribution is -2.24. The SMILES string of the molecule is NSC(=O)N/N=C/c1nc2ccccc2c(=O)n1-c1ccc(Cl)cc1. The summed E-state index contributed by atoms with van der Waals surface area (Å²) >= 11 is 6.42. The molecule has 7 nitrogen and oxygen atoms in total. The standard InChI is InChI=1S/C16H12ClN5O2S/c17-10-5-7-11(8-6-10)22-14(9-19-21-16(24)25-18)20-13-4-2-1-3-12(13)15(22)23/h1-9H,18H2,(H,21,24)/b19-9+. The second-order valence-corrected chi connectivity index (χ2v) is 5.92. The Labute approximate surface area is 151 Å². The third-order valence-electron chi connectivity index (χ3n) is 3.33. The molecule has 0 unspecified atom stereocenters. The van der Waals surface area contributed by atoms with Gasteiger partial charge in [0.25, 0.3) is 5.56 Å². The number of aromatic nitrogens is 2. The van der Waals surface area contributed by atoms with Crippen molar-refractivity contribution in [3.63, 3.8) is 0 Å². The average Bonchev–Trinajstić information content (AvgIpc) is 2.63. The number of nitrogens with zero attached hydrogens (tertiary/aromatic N) is 3. The van der Waals surface area contributed by atoms with Crippen molar-refractivity contribution in [2.45, 2.75) is 0 Å². The van der Waals surface area contributed by atoms with Crippen LogP contribution in [-0.2, 0) is 0 Å². The molecule has 0 atom stereocenters. The van der Waals surface area contributed by atoms with E-state index in [4.69, 9.17) is 16.7 Å². The van der Waals surface area contributed by atoms with Crippen LogP contribution in [0, 0.1) is 0 Å². The fraction of sp³-hybridized carbons (Fsp3) is 0. The number of rotatable bonds is 3. The highest BCUT2D eigenvalue weighted by molar-refractivity contribution is 8.11. The van der Waals surface area contributed by atoms with Gasteiger partial charge in [0.2, 0.25) is 0 Å². The molecule has 2 aromatic carbocycles. The number of para-hydroxylation sites is 1. The maximum absolute atomic E-state index is 12.9. The maximum atomic E-state index is 12.9.